The van der Waals surface area contributed by atoms with Gasteiger partial charge in [0.2, 0.25) is 10.0 Å². The number of hydrogen-bond acceptors (Lipinski definition) is 4. The summed E-state index contributed by atoms with van der Waals surface area (Å²) in [6.45, 7) is 2.69. The van der Waals surface area contributed by atoms with Crippen LogP contribution in [-0.4, -0.2) is 32.5 Å². The van der Waals surface area contributed by atoms with Crippen molar-refractivity contribution in [2.75, 3.05) is 19.0 Å². The summed E-state index contributed by atoms with van der Waals surface area (Å²) in [6.07, 6.45) is 4.41. The Kier molecular flexibility index (Phi) is 6.87. The molecule has 0 unspecified atom stereocenters. The summed E-state index contributed by atoms with van der Waals surface area (Å²) < 4.78 is 32.6. The van der Waals surface area contributed by atoms with Crippen LogP contribution in [0.25, 0.3) is 0 Å². The van der Waals surface area contributed by atoms with Crippen molar-refractivity contribution in [3.8, 4) is 5.75 Å². The molecule has 1 aromatic rings. The van der Waals surface area contributed by atoms with E-state index in [1.54, 1.807) is 0 Å². The molecule has 0 aliphatic heterocycles. The second-order valence-electron chi connectivity index (χ2n) is 6.27. The van der Waals surface area contributed by atoms with Gasteiger partial charge < -0.3 is 9.84 Å². The molecule has 1 aliphatic carbocycles. The smallest absolute Gasteiger partial charge is 0.212 e. The van der Waals surface area contributed by atoms with Gasteiger partial charge in [-0.1, -0.05) is 18.6 Å². The van der Waals surface area contributed by atoms with Crippen molar-refractivity contribution in [2.45, 2.75) is 45.1 Å². The quantitative estimate of drug-likeness (QED) is 0.607. The van der Waals surface area contributed by atoms with E-state index in [0.717, 1.165) is 24.3 Å². The Labute approximate surface area is 139 Å². The van der Waals surface area contributed by atoms with Gasteiger partial charge in [0.1, 0.15) is 5.75 Å². The van der Waals surface area contributed by atoms with Crippen molar-refractivity contribution in [3.63, 3.8) is 0 Å². The van der Waals surface area contributed by atoms with Crippen molar-refractivity contribution in [2.24, 2.45) is 5.92 Å². The normalized spacial score (nSPS) is 16.3. The zero-order valence-corrected chi connectivity index (χ0v) is 14.5. The van der Waals surface area contributed by atoms with Crippen LogP contribution in [0.1, 0.15) is 50.6 Å². The SMILES string of the molecule is C[C@@H](NS(=O)(=O)CCCCCO)c1cccc(OCC2CC2)c1. The number of aliphatic hydroxyl groups excluding tert-OH is 1. The summed E-state index contributed by atoms with van der Waals surface area (Å²) in [7, 11) is -3.31. The molecule has 0 spiro atoms. The fourth-order valence-electron chi connectivity index (χ4n) is 2.35. The average molecular weight is 341 g/mol. The maximum absolute atomic E-state index is 12.1. The molecule has 0 radical (unpaired) electrons. The van der Waals surface area contributed by atoms with Gasteiger partial charge in [0.05, 0.1) is 12.4 Å². The first-order chi connectivity index (χ1) is 11.0. The van der Waals surface area contributed by atoms with Gasteiger partial charge >= 0.3 is 0 Å². The number of ether oxygens (including phenoxy) is 1. The van der Waals surface area contributed by atoms with E-state index in [2.05, 4.69) is 4.72 Å². The molecular weight excluding hydrogens is 314 g/mol. The average Bonchev–Trinajstić information content (AvgIpc) is 3.34. The Morgan fingerprint density at radius 1 is 1.30 bits per heavy atom. The number of hydrogen-bond donors (Lipinski definition) is 2. The highest BCUT2D eigenvalue weighted by Crippen LogP contribution is 2.30. The van der Waals surface area contributed by atoms with E-state index >= 15 is 0 Å². The topological polar surface area (TPSA) is 75.6 Å². The third kappa shape index (κ3) is 6.89. The Hall–Kier alpha value is -1.11. The molecule has 5 nitrogen and oxygen atoms in total. The highest BCUT2D eigenvalue weighted by Gasteiger charge is 2.22. The monoisotopic (exact) mass is 341 g/mol. The van der Waals surface area contributed by atoms with Crippen LogP contribution >= 0.6 is 0 Å². The molecule has 0 saturated heterocycles. The lowest BCUT2D eigenvalue weighted by Crippen LogP contribution is -2.29. The molecule has 2 N–H and O–H groups in total. The van der Waals surface area contributed by atoms with Gasteiger partial charge in [-0.05, 0) is 56.2 Å². The van der Waals surface area contributed by atoms with Crippen LogP contribution in [0, 0.1) is 5.92 Å². The summed E-state index contributed by atoms with van der Waals surface area (Å²) in [5.41, 5.74) is 0.900. The first kappa shape index (κ1) is 18.2. The number of aliphatic hydroxyl groups is 1. The lowest BCUT2D eigenvalue weighted by atomic mass is 10.1. The minimum absolute atomic E-state index is 0.0925. The molecule has 2 rings (SSSR count). The third-order valence-corrected chi connectivity index (χ3v) is 5.51. The second kappa shape index (κ2) is 8.66. The maximum atomic E-state index is 12.1. The van der Waals surface area contributed by atoms with Gasteiger partial charge in [0.15, 0.2) is 0 Å². The van der Waals surface area contributed by atoms with Gasteiger partial charge in [0.25, 0.3) is 0 Å². The van der Waals surface area contributed by atoms with Gasteiger partial charge in [0, 0.05) is 12.6 Å². The van der Waals surface area contributed by atoms with Crippen molar-refractivity contribution < 1.29 is 18.3 Å². The summed E-state index contributed by atoms with van der Waals surface area (Å²) >= 11 is 0. The Morgan fingerprint density at radius 2 is 2.09 bits per heavy atom. The molecule has 0 bridgehead atoms. The van der Waals surface area contributed by atoms with Crippen LogP contribution in [0.3, 0.4) is 0 Å². The van der Waals surface area contributed by atoms with Gasteiger partial charge in [-0.15, -0.1) is 0 Å². The van der Waals surface area contributed by atoms with Crippen LogP contribution in [0.15, 0.2) is 24.3 Å². The number of sulfonamides is 1. The van der Waals surface area contributed by atoms with Crippen molar-refractivity contribution >= 4 is 10.0 Å². The molecule has 1 aliphatic rings. The van der Waals surface area contributed by atoms with Gasteiger partial charge in [-0.3, -0.25) is 0 Å². The third-order valence-electron chi connectivity index (χ3n) is 3.97. The summed E-state index contributed by atoms with van der Waals surface area (Å²) in [5, 5.41) is 8.72. The largest absolute Gasteiger partial charge is 0.493 e. The Morgan fingerprint density at radius 3 is 2.78 bits per heavy atom. The van der Waals surface area contributed by atoms with Crippen LogP contribution in [0.4, 0.5) is 0 Å². The first-order valence-corrected chi connectivity index (χ1v) is 9.99. The standard InChI is InChI=1S/C17H27NO4S/c1-14(18-23(20,21)11-4-2-3-10-19)16-6-5-7-17(12-16)22-13-15-8-9-15/h5-7,12,14-15,18-19H,2-4,8-11,13H2,1H3/t14-/m1/s1. The minimum Gasteiger partial charge on any atom is -0.493 e. The van der Waals surface area contributed by atoms with E-state index in [0.29, 0.717) is 18.8 Å². The maximum Gasteiger partial charge on any atom is 0.212 e. The molecule has 0 amide bonds. The molecule has 1 aromatic carbocycles. The molecule has 6 heteroatoms. The Balaban J connectivity index is 1.85. The summed E-state index contributed by atoms with van der Waals surface area (Å²) in [4.78, 5) is 0. The second-order valence-corrected chi connectivity index (χ2v) is 8.14. The summed E-state index contributed by atoms with van der Waals surface area (Å²) in [6, 6.07) is 7.32. The molecule has 1 atom stereocenters. The predicted molar refractivity (Wildman–Crippen MR) is 90.9 cm³/mol. The molecule has 23 heavy (non-hydrogen) atoms. The highest BCUT2D eigenvalue weighted by atomic mass is 32.2. The number of rotatable bonds is 11. The number of unbranched alkanes of at least 4 members (excludes halogenated alkanes) is 2. The van der Waals surface area contributed by atoms with Crippen LogP contribution < -0.4 is 9.46 Å². The van der Waals surface area contributed by atoms with E-state index in [4.69, 9.17) is 9.84 Å². The van der Waals surface area contributed by atoms with E-state index < -0.39 is 10.0 Å². The first-order valence-electron chi connectivity index (χ1n) is 8.34. The zero-order chi connectivity index (χ0) is 16.7. The number of nitrogens with one attached hydrogen (secondary N) is 1. The fourth-order valence-corrected chi connectivity index (χ4v) is 3.73. The minimum atomic E-state index is -3.31. The lowest BCUT2D eigenvalue weighted by molar-refractivity contribution is 0.284. The zero-order valence-electron chi connectivity index (χ0n) is 13.7. The van der Waals surface area contributed by atoms with E-state index in [1.807, 2.05) is 31.2 Å². The molecular formula is C17H27NO4S. The van der Waals surface area contributed by atoms with Crippen LogP contribution in [-0.2, 0) is 10.0 Å². The van der Waals surface area contributed by atoms with Crippen molar-refractivity contribution in [1.82, 2.24) is 4.72 Å². The summed E-state index contributed by atoms with van der Waals surface area (Å²) in [5.74, 6) is 1.58. The molecule has 130 valence electrons. The van der Waals surface area contributed by atoms with E-state index in [1.165, 1.54) is 12.8 Å². The lowest BCUT2D eigenvalue weighted by Gasteiger charge is -2.16. The number of benzene rings is 1. The highest BCUT2D eigenvalue weighted by molar-refractivity contribution is 7.89. The van der Waals surface area contributed by atoms with E-state index in [9.17, 15) is 8.42 Å². The van der Waals surface area contributed by atoms with Crippen molar-refractivity contribution in [3.05, 3.63) is 29.8 Å². The molecule has 1 fully saturated rings. The van der Waals surface area contributed by atoms with Gasteiger partial charge in [-0.25, -0.2) is 13.1 Å². The van der Waals surface area contributed by atoms with Gasteiger partial charge in [-0.2, -0.15) is 0 Å². The van der Waals surface area contributed by atoms with E-state index in [-0.39, 0.29) is 18.4 Å². The predicted octanol–water partition coefficient (Wildman–Crippen LogP) is 2.62. The molecule has 1 saturated carbocycles. The van der Waals surface area contributed by atoms with Crippen LogP contribution in [0.5, 0.6) is 5.75 Å². The Bertz CT molecular complexity index is 584. The molecule has 0 aromatic heterocycles. The fraction of sp³-hybridized carbons (Fsp3) is 0.647. The van der Waals surface area contributed by atoms with Crippen molar-refractivity contribution in [1.29, 1.82) is 0 Å². The molecule has 0 heterocycles. The van der Waals surface area contributed by atoms with Crippen LogP contribution in [0.2, 0.25) is 0 Å².